The normalized spacial score (nSPS) is 22.4. The van der Waals surface area contributed by atoms with Gasteiger partial charge in [-0.25, -0.2) is 4.79 Å². The molecule has 0 radical (unpaired) electrons. The van der Waals surface area contributed by atoms with Gasteiger partial charge in [0.15, 0.2) is 0 Å². The predicted octanol–water partition coefficient (Wildman–Crippen LogP) is 6.34. The SMILES string of the molecule is Cc1cccc(N(C(N)=O)C2CC(c3ccccc3)CC(CC3CCCCC3)N(CC(=O)OC(C)(C)C)C2=O)c1. The number of hydrogen-bond donors (Lipinski definition) is 1. The number of carbonyl (C=O) groups excluding carboxylic acids is 3. The minimum Gasteiger partial charge on any atom is -0.459 e. The van der Waals surface area contributed by atoms with Crippen LogP contribution >= 0.6 is 0 Å². The lowest BCUT2D eigenvalue weighted by Crippen LogP contribution is -2.55. The number of nitrogens with two attached hydrogens (primary N) is 1. The molecule has 3 unspecified atom stereocenters. The Morgan fingerprint density at radius 3 is 2.33 bits per heavy atom. The van der Waals surface area contributed by atoms with Gasteiger partial charge >= 0.3 is 12.0 Å². The number of amides is 3. The number of primary amides is 1. The number of nitrogens with zero attached hydrogens (tertiary/aromatic N) is 2. The minimum atomic E-state index is -0.844. The standard InChI is InChI=1S/C33H45N3O4/c1-23-12-11-17-27(18-23)36(32(34)39)29-21-26(25-15-9-6-10-16-25)20-28(19-24-13-7-5-8-14-24)35(31(29)38)22-30(37)40-33(2,3)4/h6,9-12,15-18,24,26,28-29H,5,7-8,13-14,19-22H2,1-4H3,(H2,34,39). The van der Waals surface area contributed by atoms with Gasteiger partial charge in [-0.05, 0) is 82.1 Å². The maximum absolute atomic E-state index is 14.5. The van der Waals surface area contributed by atoms with Gasteiger partial charge in [-0.15, -0.1) is 0 Å². The van der Waals surface area contributed by atoms with Crippen LogP contribution in [0.4, 0.5) is 10.5 Å². The third-order valence-corrected chi connectivity index (χ3v) is 8.22. The fraction of sp³-hybridized carbons (Fsp3) is 0.545. The molecule has 3 amide bonds. The van der Waals surface area contributed by atoms with E-state index in [1.165, 1.54) is 24.2 Å². The molecule has 2 fully saturated rings. The summed E-state index contributed by atoms with van der Waals surface area (Å²) in [5.41, 5.74) is 7.99. The van der Waals surface area contributed by atoms with E-state index >= 15 is 0 Å². The van der Waals surface area contributed by atoms with Crippen molar-refractivity contribution in [3.63, 3.8) is 0 Å². The van der Waals surface area contributed by atoms with Crippen molar-refractivity contribution >= 4 is 23.6 Å². The highest BCUT2D eigenvalue weighted by molar-refractivity contribution is 6.00. The summed E-state index contributed by atoms with van der Waals surface area (Å²) in [4.78, 5) is 43.9. The third-order valence-electron chi connectivity index (χ3n) is 8.22. The number of esters is 1. The van der Waals surface area contributed by atoms with Crippen LogP contribution in [0.25, 0.3) is 0 Å². The zero-order chi connectivity index (χ0) is 28.9. The topological polar surface area (TPSA) is 92.9 Å². The van der Waals surface area contributed by atoms with Gasteiger partial charge < -0.3 is 15.4 Å². The molecule has 0 bridgehead atoms. The molecule has 7 heteroatoms. The molecule has 2 aromatic carbocycles. The number of rotatable bonds is 7. The Bertz CT molecular complexity index is 1170. The fourth-order valence-electron chi connectivity index (χ4n) is 6.50. The Morgan fingerprint density at radius 2 is 1.70 bits per heavy atom. The molecule has 7 nitrogen and oxygen atoms in total. The first kappa shape index (κ1) is 29.6. The van der Waals surface area contributed by atoms with Crippen molar-refractivity contribution in [1.82, 2.24) is 4.90 Å². The first-order chi connectivity index (χ1) is 19.0. The fourth-order valence-corrected chi connectivity index (χ4v) is 6.50. The summed E-state index contributed by atoms with van der Waals surface area (Å²) in [6.07, 6.45) is 7.90. The molecular formula is C33H45N3O4. The second-order valence-electron chi connectivity index (χ2n) is 12.6. The number of hydrogen-bond acceptors (Lipinski definition) is 4. The molecule has 1 heterocycles. The van der Waals surface area contributed by atoms with Crippen molar-refractivity contribution in [2.24, 2.45) is 11.7 Å². The Morgan fingerprint density at radius 1 is 1.00 bits per heavy atom. The second-order valence-corrected chi connectivity index (χ2v) is 12.6. The van der Waals surface area contributed by atoms with Crippen LogP contribution in [0, 0.1) is 12.8 Å². The first-order valence-electron chi connectivity index (χ1n) is 14.7. The molecule has 2 aromatic rings. The van der Waals surface area contributed by atoms with Crippen molar-refractivity contribution in [1.29, 1.82) is 0 Å². The number of anilines is 1. The second kappa shape index (κ2) is 12.9. The highest BCUT2D eigenvalue weighted by Gasteiger charge is 2.43. The quantitative estimate of drug-likeness (QED) is 0.410. The molecule has 3 atom stereocenters. The summed E-state index contributed by atoms with van der Waals surface area (Å²) >= 11 is 0. The average molecular weight is 548 g/mol. The van der Waals surface area contributed by atoms with E-state index in [1.807, 2.05) is 70.2 Å². The van der Waals surface area contributed by atoms with Crippen LogP contribution in [0.2, 0.25) is 0 Å². The Labute approximate surface area is 239 Å². The summed E-state index contributed by atoms with van der Waals surface area (Å²) < 4.78 is 5.68. The maximum atomic E-state index is 14.5. The molecule has 1 saturated carbocycles. The summed E-state index contributed by atoms with van der Waals surface area (Å²) in [5.74, 6) is -0.165. The van der Waals surface area contributed by atoms with Gasteiger partial charge in [-0.1, -0.05) is 74.6 Å². The molecule has 216 valence electrons. The van der Waals surface area contributed by atoms with Gasteiger partial charge in [-0.2, -0.15) is 0 Å². The van der Waals surface area contributed by atoms with Crippen molar-refractivity contribution in [2.75, 3.05) is 11.4 Å². The van der Waals surface area contributed by atoms with Crippen LogP contribution in [0.15, 0.2) is 54.6 Å². The highest BCUT2D eigenvalue weighted by atomic mass is 16.6. The van der Waals surface area contributed by atoms with E-state index < -0.39 is 23.6 Å². The number of aryl methyl sites for hydroxylation is 1. The van der Waals surface area contributed by atoms with E-state index in [0.29, 0.717) is 24.4 Å². The number of benzene rings is 2. The van der Waals surface area contributed by atoms with Crippen LogP contribution in [0.5, 0.6) is 0 Å². The minimum absolute atomic E-state index is 0.0130. The number of ether oxygens (including phenoxy) is 1. The summed E-state index contributed by atoms with van der Waals surface area (Å²) in [6.45, 7) is 7.28. The number of likely N-dealkylation sites (tertiary alicyclic amines) is 1. The van der Waals surface area contributed by atoms with Crippen LogP contribution in [0.3, 0.4) is 0 Å². The largest absolute Gasteiger partial charge is 0.459 e. The van der Waals surface area contributed by atoms with E-state index in [2.05, 4.69) is 12.1 Å². The van der Waals surface area contributed by atoms with Crippen molar-refractivity contribution < 1.29 is 19.1 Å². The van der Waals surface area contributed by atoms with E-state index in [9.17, 15) is 14.4 Å². The van der Waals surface area contributed by atoms with E-state index in [-0.39, 0.29) is 24.4 Å². The van der Waals surface area contributed by atoms with Gasteiger partial charge in [0.25, 0.3) is 0 Å². The van der Waals surface area contributed by atoms with Gasteiger partial charge in [-0.3, -0.25) is 14.5 Å². The third kappa shape index (κ3) is 7.64. The number of carbonyl (C=O) groups is 3. The van der Waals surface area contributed by atoms with E-state index in [0.717, 1.165) is 30.4 Å². The first-order valence-corrected chi connectivity index (χ1v) is 14.7. The van der Waals surface area contributed by atoms with Crippen LogP contribution in [0.1, 0.15) is 89.2 Å². The molecule has 2 N–H and O–H groups in total. The van der Waals surface area contributed by atoms with Crippen molar-refractivity contribution in [3.8, 4) is 0 Å². The molecule has 1 saturated heterocycles. The van der Waals surface area contributed by atoms with Gasteiger partial charge in [0.05, 0.1) is 0 Å². The predicted molar refractivity (Wildman–Crippen MR) is 158 cm³/mol. The van der Waals surface area contributed by atoms with E-state index in [4.69, 9.17) is 10.5 Å². The highest BCUT2D eigenvalue weighted by Crippen LogP contribution is 2.39. The molecule has 2 aliphatic rings. The molecule has 1 aliphatic heterocycles. The van der Waals surface area contributed by atoms with E-state index in [1.54, 1.807) is 4.90 Å². The average Bonchev–Trinajstić information content (AvgIpc) is 3.01. The monoisotopic (exact) mass is 547 g/mol. The van der Waals surface area contributed by atoms with Crippen molar-refractivity contribution in [2.45, 2.75) is 103 Å². The lowest BCUT2D eigenvalue weighted by atomic mass is 9.81. The van der Waals surface area contributed by atoms with Crippen LogP contribution in [-0.4, -0.2) is 47.0 Å². The lowest BCUT2D eigenvalue weighted by molar-refractivity contribution is -0.160. The Balaban J connectivity index is 1.77. The number of urea groups is 1. The summed E-state index contributed by atoms with van der Waals surface area (Å²) in [6, 6.07) is 16.0. The molecule has 40 heavy (non-hydrogen) atoms. The Kier molecular flexibility index (Phi) is 9.54. The zero-order valence-electron chi connectivity index (χ0n) is 24.5. The summed E-state index contributed by atoms with van der Waals surface area (Å²) in [7, 11) is 0. The molecular weight excluding hydrogens is 502 g/mol. The van der Waals surface area contributed by atoms with Crippen LogP contribution in [-0.2, 0) is 14.3 Å². The Hall–Kier alpha value is -3.35. The van der Waals surface area contributed by atoms with Crippen molar-refractivity contribution in [3.05, 3.63) is 65.7 Å². The molecule has 1 aliphatic carbocycles. The van der Waals surface area contributed by atoms with Gasteiger partial charge in [0.1, 0.15) is 18.2 Å². The molecule has 4 rings (SSSR count). The van der Waals surface area contributed by atoms with Gasteiger partial charge in [0, 0.05) is 11.7 Å². The molecule has 0 aromatic heterocycles. The van der Waals surface area contributed by atoms with Crippen LogP contribution < -0.4 is 10.6 Å². The zero-order valence-corrected chi connectivity index (χ0v) is 24.5. The van der Waals surface area contributed by atoms with Gasteiger partial charge in [0.2, 0.25) is 5.91 Å². The molecule has 0 spiro atoms. The summed E-state index contributed by atoms with van der Waals surface area (Å²) in [5, 5.41) is 0. The lowest BCUT2D eigenvalue weighted by Gasteiger charge is -2.37. The smallest absolute Gasteiger partial charge is 0.326 e. The maximum Gasteiger partial charge on any atom is 0.326 e.